The summed E-state index contributed by atoms with van der Waals surface area (Å²) in [7, 11) is 1.55. The van der Waals surface area contributed by atoms with Gasteiger partial charge in [0.2, 0.25) is 5.91 Å². The van der Waals surface area contributed by atoms with Crippen LogP contribution in [0.1, 0.15) is 31.7 Å². The smallest absolute Gasteiger partial charge is 0.314 e. The van der Waals surface area contributed by atoms with E-state index >= 15 is 0 Å². The van der Waals surface area contributed by atoms with E-state index in [9.17, 15) is 19.8 Å². The van der Waals surface area contributed by atoms with Crippen LogP contribution < -0.4 is 4.74 Å². The Labute approximate surface area is 142 Å². The number of carbonyl (C=O) groups is 2. The van der Waals surface area contributed by atoms with E-state index in [1.807, 2.05) is 25.1 Å². The Hall–Kier alpha value is -2.08. The van der Waals surface area contributed by atoms with Gasteiger partial charge in [0.25, 0.3) is 0 Å². The minimum absolute atomic E-state index is 0.0469. The summed E-state index contributed by atoms with van der Waals surface area (Å²) in [5.74, 6) is -0.541. The van der Waals surface area contributed by atoms with Crippen molar-refractivity contribution in [3.63, 3.8) is 0 Å². The summed E-state index contributed by atoms with van der Waals surface area (Å²) < 4.78 is 5.26. The Bertz CT molecular complexity index is 603. The monoisotopic (exact) mass is 335 g/mol. The van der Waals surface area contributed by atoms with Gasteiger partial charge in [0.15, 0.2) is 0 Å². The van der Waals surface area contributed by atoms with Crippen LogP contribution in [0.25, 0.3) is 0 Å². The Morgan fingerprint density at radius 3 is 2.71 bits per heavy atom. The van der Waals surface area contributed by atoms with Crippen molar-refractivity contribution in [1.82, 2.24) is 4.90 Å². The third-order valence-electron chi connectivity index (χ3n) is 4.79. The molecule has 0 spiro atoms. The van der Waals surface area contributed by atoms with E-state index in [0.29, 0.717) is 25.1 Å². The number of likely N-dealkylation sites (tertiary alicyclic amines) is 1. The molecule has 24 heavy (non-hydrogen) atoms. The fourth-order valence-electron chi connectivity index (χ4n) is 3.42. The first-order valence-electron chi connectivity index (χ1n) is 8.25. The topological polar surface area (TPSA) is 87.1 Å². The SMILES string of the molecule is CCC[C@@]1(C(=O)O)CN(C(=O)Cc2ccccc2OC)CC[C@H]1O. The van der Waals surface area contributed by atoms with Crippen molar-refractivity contribution in [2.75, 3.05) is 20.2 Å². The highest BCUT2D eigenvalue weighted by Crippen LogP contribution is 2.36. The molecule has 2 N–H and O–H groups in total. The number of carbonyl (C=O) groups excluding carboxylic acids is 1. The number of methoxy groups -OCH3 is 1. The number of aliphatic hydroxyl groups is 1. The summed E-state index contributed by atoms with van der Waals surface area (Å²) in [5, 5.41) is 19.9. The maximum atomic E-state index is 12.7. The Kier molecular flexibility index (Phi) is 5.83. The quantitative estimate of drug-likeness (QED) is 0.826. The lowest BCUT2D eigenvalue weighted by molar-refractivity contribution is -0.166. The predicted molar refractivity (Wildman–Crippen MR) is 88.9 cm³/mol. The number of carboxylic acid groups (broad SMARTS) is 1. The van der Waals surface area contributed by atoms with Crippen LogP contribution in [0.2, 0.25) is 0 Å². The molecule has 1 aromatic rings. The molecule has 0 radical (unpaired) electrons. The number of aliphatic hydroxyl groups excluding tert-OH is 1. The van der Waals surface area contributed by atoms with Crippen molar-refractivity contribution in [3.8, 4) is 5.75 Å². The van der Waals surface area contributed by atoms with E-state index in [4.69, 9.17) is 4.74 Å². The molecule has 1 amide bonds. The van der Waals surface area contributed by atoms with Gasteiger partial charge in [0, 0.05) is 18.7 Å². The molecule has 0 aliphatic carbocycles. The van der Waals surface area contributed by atoms with Crippen LogP contribution in [0.3, 0.4) is 0 Å². The molecule has 6 nitrogen and oxygen atoms in total. The maximum Gasteiger partial charge on any atom is 0.314 e. The van der Waals surface area contributed by atoms with E-state index in [0.717, 1.165) is 5.56 Å². The van der Waals surface area contributed by atoms with Gasteiger partial charge in [0.05, 0.1) is 19.6 Å². The summed E-state index contributed by atoms with van der Waals surface area (Å²) in [5.41, 5.74) is -0.504. The van der Waals surface area contributed by atoms with Crippen LogP contribution >= 0.6 is 0 Å². The number of para-hydroxylation sites is 1. The Morgan fingerprint density at radius 1 is 1.38 bits per heavy atom. The Balaban J connectivity index is 2.16. The molecule has 1 aliphatic rings. The van der Waals surface area contributed by atoms with E-state index in [2.05, 4.69) is 0 Å². The molecule has 1 aromatic carbocycles. The minimum atomic E-state index is -1.27. The van der Waals surface area contributed by atoms with E-state index in [1.165, 1.54) is 0 Å². The van der Waals surface area contributed by atoms with Crippen LogP contribution in [0.15, 0.2) is 24.3 Å². The van der Waals surface area contributed by atoms with Gasteiger partial charge in [-0.15, -0.1) is 0 Å². The summed E-state index contributed by atoms with van der Waals surface area (Å²) in [4.78, 5) is 26.0. The number of hydrogen-bond acceptors (Lipinski definition) is 4. The number of benzene rings is 1. The fourth-order valence-corrected chi connectivity index (χ4v) is 3.42. The fraction of sp³-hybridized carbons (Fsp3) is 0.556. The van der Waals surface area contributed by atoms with Crippen molar-refractivity contribution in [3.05, 3.63) is 29.8 Å². The normalized spacial score (nSPS) is 23.8. The Morgan fingerprint density at radius 2 is 2.08 bits per heavy atom. The van der Waals surface area contributed by atoms with Gasteiger partial charge >= 0.3 is 5.97 Å². The van der Waals surface area contributed by atoms with Gasteiger partial charge in [0.1, 0.15) is 11.2 Å². The van der Waals surface area contributed by atoms with Gasteiger partial charge < -0.3 is 19.8 Å². The lowest BCUT2D eigenvalue weighted by Crippen LogP contribution is -2.57. The summed E-state index contributed by atoms with van der Waals surface area (Å²) in [6.07, 6.45) is 0.497. The molecule has 2 rings (SSSR count). The molecule has 1 aliphatic heterocycles. The molecule has 2 atom stereocenters. The van der Waals surface area contributed by atoms with Crippen molar-refractivity contribution in [2.24, 2.45) is 5.41 Å². The second-order valence-electron chi connectivity index (χ2n) is 6.32. The third kappa shape index (κ3) is 3.53. The van der Waals surface area contributed by atoms with E-state index in [-0.39, 0.29) is 25.3 Å². The first-order valence-corrected chi connectivity index (χ1v) is 8.25. The molecule has 132 valence electrons. The number of carboxylic acids is 1. The molecule has 0 saturated carbocycles. The van der Waals surface area contributed by atoms with Crippen molar-refractivity contribution < 1.29 is 24.5 Å². The number of amides is 1. The molecule has 1 fully saturated rings. The first-order chi connectivity index (χ1) is 11.4. The molecule has 0 unspecified atom stereocenters. The molecule has 1 saturated heterocycles. The molecule has 6 heteroatoms. The van der Waals surface area contributed by atoms with Gasteiger partial charge in [-0.25, -0.2) is 0 Å². The third-order valence-corrected chi connectivity index (χ3v) is 4.79. The molecular formula is C18H25NO5. The first kappa shape index (κ1) is 18.3. The molecular weight excluding hydrogens is 310 g/mol. The number of aliphatic carboxylic acids is 1. The number of hydrogen-bond donors (Lipinski definition) is 2. The molecule has 1 heterocycles. The zero-order valence-electron chi connectivity index (χ0n) is 14.2. The van der Waals surface area contributed by atoms with Gasteiger partial charge in [-0.05, 0) is 18.9 Å². The van der Waals surface area contributed by atoms with Crippen LogP contribution in [-0.4, -0.2) is 53.3 Å². The standard InChI is InChI=1S/C18H25NO5/c1-3-9-18(17(22)23)12-19(10-8-15(18)20)16(21)11-13-6-4-5-7-14(13)24-2/h4-7,15,20H,3,8-12H2,1-2H3,(H,22,23)/t15-,18-/m1/s1. The van der Waals surface area contributed by atoms with Crippen molar-refractivity contribution in [1.29, 1.82) is 0 Å². The largest absolute Gasteiger partial charge is 0.496 e. The van der Waals surface area contributed by atoms with E-state index < -0.39 is 17.5 Å². The number of rotatable bonds is 6. The highest BCUT2D eigenvalue weighted by Gasteiger charge is 2.49. The lowest BCUT2D eigenvalue weighted by atomic mass is 9.74. The number of nitrogens with zero attached hydrogens (tertiary/aromatic N) is 1. The van der Waals surface area contributed by atoms with Crippen LogP contribution in [0.5, 0.6) is 5.75 Å². The van der Waals surface area contributed by atoms with Crippen LogP contribution in [-0.2, 0) is 16.0 Å². The van der Waals surface area contributed by atoms with Gasteiger partial charge in [-0.1, -0.05) is 31.5 Å². The van der Waals surface area contributed by atoms with Crippen molar-refractivity contribution in [2.45, 2.75) is 38.7 Å². The van der Waals surface area contributed by atoms with Gasteiger partial charge in [-0.2, -0.15) is 0 Å². The zero-order valence-corrected chi connectivity index (χ0v) is 14.2. The highest BCUT2D eigenvalue weighted by atomic mass is 16.5. The predicted octanol–water partition coefficient (Wildman–Crippen LogP) is 1.70. The maximum absolute atomic E-state index is 12.7. The van der Waals surface area contributed by atoms with Crippen LogP contribution in [0, 0.1) is 5.41 Å². The average molecular weight is 335 g/mol. The van der Waals surface area contributed by atoms with Crippen LogP contribution in [0.4, 0.5) is 0 Å². The summed E-state index contributed by atoms with van der Waals surface area (Å²) in [6, 6.07) is 7.29. The lowest BCUT2D eigenvalue weighted by Gasteiger charge is -2.43. The van der Waals surface area contributed by atoms with Crippen molar-refractivity contribution >= 4 is 11.9 Å². The highest BCUT2D eigenvalue weighted by molar-refractivity contribution is 5.82. The minimum Gasteiger partial charge on any atom is -0.496 e. The molecule has 0 aromatic heterocycles. The number of piperidine rings is 1. The number of ether oxygens (including phenoxy) is 1. The zero-order chi connectivity index (χ0) is 17.7. The summed E-state index contributed by atoms with van der Waals surface area (Å²) in [6.45, 7) is 2.30. The molecule has 0 bridgehead atoms. The summed E-state index contributed by atoms with van der Waals surface area (Å²) >= 11 is 0. The second-order valence-corrected chi connectivity index (χ2v) is 6.32. The average Bonchev–Trinajstić information content (AvgIpc) is 2.57. The second kappa shape index (κ2) is 7.66. The van der Waals surface area contributed by atoms with E-state index in [1.54, 1.807) is 18.1 Å². The van der Waals surface area contributed by atoms with Gasteiger partial charge in [-0.3, -0.25) is 9.59 Å².